The highest BCUT2D eigenvalue weighted by molar-refractivity contribution is 14.0. The van der Waals surface area contributed by atoms with E-state index in [-0.39, 0.29) is 24.0 Å². The normalized spacial score (nSPS) is 13.1. The lowest BCUT2D eigenvalue weighted by molar-refractivity contribution is 0.414. The van der Waals surface area contributed by atoms with E-state index >= 15 is 0 Å². The quantitative estimate of drug-likeness (QED) is 0.402. The van der Waals surface area contributed by atoms with Crippen molar-refractivity contribution in [1.29, 1.82) is 0 Å². The lowest BCUT2D eigenvalue weighted by atomic mass is 10.1. The number of nitrogens with zero attached hydrogens (tertiary/aromatic N) is 1. The monoisotopic (exact) mass is 451 g/mol. The maximum atomic E-state index is 5.96. The van der Waals surface area contributed by atoms with Crippen molar-refractivity contribution in [3.63, 3.8) is 0 Å². The molecule has 2 aromatic carbocycles. The first kappa shape index (κ1) is 19.6. The maximum Gasteiger partial charge on any atom is 0.188 e. The summed E-state index contributed by atoms with van der Waals surface area (Å²) in [7, 11) is 1.68. The minimum atomic E-state index is 0. The highest BCUT2D eigenvalue weighted by Gasteiger charge is 2.10. The van der Waals surface area contributed by atoms with Crippen molar-refractivity contribution in [3.8, 4) is 5.75 Å². The summed E-state index contributed by atoms with van der Waals surface area (Å²) >= 11 is 0. The average Bonchev–Trinajstić information content (AvgIpc) is 3.08. The van der Waals surface area contributed by atoms with E-state index in [1.54, 1.807) is 7.11 Å². The Morgan fingerprint density at radius 3 is 2.56 bits per heavy atom. The summed E-state index contributed by atoms with van der Waals surface area (Å²) < 4.78 is 5.16. The zero-order valence-electron chi connectivity index (χ0n) is 14.6. The number of halogens is 1. The fourth-order valence-electron chi connectivity index (χ4n) is 3.08. The van der Waals surface area contributed by atoms with E-state index in [0.29, 0.717) is 12.5 Å². The Morgan fingerprint density at radius 2 is 1.80 bits per heavy atom. The van der Waals surface area contributed by atoms with Crippen molar-refractivity contribution >= 4 is 29.9 Å². The van der Waals surface area contributed by atoms with Crippen molar-refractivity contribution in [1.82, 2.24) is 5.32 Å². The first-order valence-corrected chi connectivity index (χ1v) is 8.52. The molecule has 0 saturated heterocycles. The number of aryl methyl sites for hydroxylation is 2. The molecule has 0 amide bonds. The lowest BCUT2D eigenvalue weighted by Crippen LogP contribution is -2.33. The number of hydrogen-bond donors (Lipinski definition) is 2. The second-order valence-electron chi connectivity index (χ2n) is 6.18. The third-order valence-electron chi connectivity index (χ3n) is 4.47. The van der Waals surface area contributed by atoms with Crippen LogP contribution in [0.4, 0.5) is 0 Å². The number of methoxy groups -OCH3 is 1. The fraction of sp³-hybridized carbons (Fsp3) is 0.350. The molecule has 1 aliphatic rings. The second kappa shape index (κ2) is 9.65. The van der Waals surface area contributed by atoms with Crippen LogP contribution in [0.3, 0.4) is 0 Å². The number of aliphatic imine (C=N–C) groups is 1. The molecule has 0 aromatic heterocycles. The van der Waals surface area contributed by atoms with Gasteiger partial charge in [0.1, 0.15) is 5.75 Å². The molecule has 5 heteroatoms. The Kier molecular flexibility index (Phi) is 7.55. The Morgan fingerprint density at radius 1 is 1.08 bits per heavy atom. The minimum Gasteiger partial charge on any atom is -0.497 e. The van der Waals surface area contributed by atoms with Crippen LogP contribution >= 0.6 is 24.0 Å². The van der Waals surface area contributed by atoms with Gasteiger partial charge in [-0.05, 0) is 60.1 Å². The minimum absolute atomic E-state index is 0. The molecule has 25 heavy (non-hydrogen) atoms. The summed E-state index contributed by atoms with van der Waals surface area (Å²) in [6.45, 7) is 1.40. The van der Waals surface area contributed by atoms with E-state index in [9.17, 15) is 0 Å². The van der Waals surface area contributed by atoms with Gasteiger partial charge >= 0.3 is 0 Å². The van der Waals surface area contributed by atoms with Gasteiger partial charge in [-0.2, -0.15) is 0 Å². The number of nitrogens with one attached hydrogen (secondary N) is 1. The third kappa shape index (κ3) is 5.63. The van der Waals surface area contributed by atoms with E-state index < -0.39 is 0 Å². The average molecular weight is 451 g/mol. The van der Waals surface area contributed by atoms with Crippen LogP contribution in [0.1, 0.15) is 28.7 Å². The number of fused-ring (bicyclic) bond motifs is 1. The summed E-state index contributed by atoms with van der Waals surface area (Å²) in [4.78, 5) is 4.44. The molecule has 0 heterocycles. The van der Waals surface area contributed by atoms with E-state index in [1.807, 2.05) is 12.1 Å². The van der Waals surface area contributed by atoms with Crippen LogP contribution in [0.25, 0.3) is 0 Å². The van der Waals surface area contributed by atoms with Gasteiger partial charge in [0.2, 0.25) is 0 Å². The number of guanidine groups is 1. The zero-order chi connectivity index (χ0) is 16.8. The van der Waals surface area contributed by atoms with Crippen LogP contribution in [0.5, 0.6) is 5.75 Å². The van der Waals surface area contributed by atoms with Gasteiger partial charge in [-0.25, -0.2) is 4.99 Å². The van der Waals surface area contributed by atoms with Gasteiger partial charge < -0.3 is 15.8 Å². The molecule has 134 valence electrons. The molecule has 0 atom stereocenters. The Labute approximate surface area is 166 Å². The summed E-state index contributed by atoms with van der Waals surface area (Å²) in [5, 5.41) is 3.18. The smallest absolute Gasteiger partial charge is 0.188 e. The topological polar surface area (TPSA) is 59.6 Å². The molecule has 4 nitrogen and oxygen atoms in total. The molecule has 0 fully saturated rings. The van der Waals surface area contributed by atoms with Crippen LogP contribution < -0.4 is 15.8 Å². The zero-order valence-corrected chi connectivity index (χ0v) is 17.0. The maximum absolute atomic E-state index is 5.96. The predicted molar refractivity (Wildman–Crippen MR) is 114 cm³/mol. The van der Waals surface area contributed by atoms with Crippen LogP contribution in [0.15, 0.2) is 47.5 Å². The van der Waals surface area contributed by atoms with Crippen LogP contribution in [0, 0.1) is 0 Å². The molecule has 3 rings (SSSR count). The molecule has 3 N–H and O–H groups in total. The highest BCUT2D eigenvalue weighted by atomic mass is 127. The van der Waals surface area contributed by atoms with Gasteiger partial charge in [0.05, 0.1) is 13.7 Å². The third-order valence-corrected chi connectivity index (χ3v) is 4.47. The fourth-order valence-corrected chi connectivity index (χ4v) is 3.08. The molecule has 1 aliphatic carbocycles. The Hall–Kier alpha value is -1.76. The van der Waals surface area contributed by atoms with Gasteiger partial charge in [-0.15, -0.1) is 24.0 Å². The number of nitrogens with two attached hydrogens (primary N) is 1. The second-order valence-corrected chi connectivity index (χ2v) is 6.18. The Balaban J connectivity index is 0.00000225. The first-order chi connectivity index (χ1) is 11.7. The molecule has 0 radical (unpaired) electrons. The molecule has 0 aliphatic heterocycles. The van der Waals surface area contributed by atoms with E-state index in [0.717, 1.165) is 18.7 Å². The van der Waals surface area contributed by atoms with E-state index in [2.05, 4.69) is 40.6 Å². The molecular formula is C20H26IN3O. The van der Waals surface area contributed by atoms with Crippen molar-refractivity contribution in [2.24, 2.45) is 10.7 Å². The molecule has 2 aromatic rings. The largest absolute Gasteiger partial charge is 0.497 e. The summed E-state index contributed by atoms with van der Waals surface area (Å²) in [6.07, 6.45) is 4.59. The van der Waals surface area contributed by atoms with Crippen LogP contribution in [-0.2, 0) is 25.8 Å². The van der Waals surface area contributed by atoms with E-state index in [4.69, 9.17) is 10.5 Å². The number of ether oxygens (including phenoxy) is 1. The van der Waals surface area contributed by atoms with Crippen molar-refractivity contribution in [2.75, 3.05) is 13.7 Å². The first-order valence-electron chi connectivity index (χ1n) is 8.52. The van der Waals surface area contributed by atoms with E-state index in [1.165, 1.54) is 41.5 Å². The van der Waals surface area contributed by atoms with Crippen LogP contribution in [-0.4, -0.2) is 19.6 Å². The Bertz CT molecular complexity index is 713. The number of benzene rings is 2. The van der Waals surface area contributed by atoms with Gasteiger partial charge in [-0.3, -0.25) is 0 Å². The molecule has 0 bridgehead atoms. The highest BCUT2D eigenvalue weighted by Crippen LogP contribution is 2.23. The van der Waals surface area contributed by atoms with Gasteiger partial charge in [0.15, 0.2) is 5.96 Å². The molecule has 0 saturated carbocycles. The molecule has 0 unspecified atom stereocenters. The number of rotatable bonds is 6. The summed E-state index contributed by atoms with van der Waals surface area (Å²) in [5.41, 5.74) is 11.4. The van der Waals surface area contributed by atoms with Gasteiger partial charge in [0.25, 0.3) is 0 Å². The summed E-state index contributed by atoms with van der Waals surface area (Å²) in [5.74, 6) is 1.38. The van der Waals surface area contributed by atoms with Gasteiger partial charge in [-0.1, -0.05) is 30.3 Å². The SMILES string of the molecule is COc1ccc(CCNC(N)=NCc2ccc3c(c2)CCC3)cc1.I. The van der Waals surface area contributed by atoms with Crippen molar-refractivity contribution < 1.29 is 4.74 Å². The predicted octanol–water partition coefficient (Wildman–Crippen LogP) is 3.45. The number of hydrogen-bond acceptors (Lipinski definition) is 2. The van der Waals surface area contributed by atoms with Crippen LogP contribution in [0.2, 0.25) is 0 Å². The molecule has 0 spiro atoms. The van der Waals surface area contributed by atoms with Crippen molar-refractivity contribution in [3.05, 3.63) is 64.7 Å². The summed E-state index contributed by atoms with van der Waals surface area (Å²) in [6, 6.07) is 14.8. The molecular weight excluding hydrogens is 425 g/mol. The lowest BCUT2D eigenvalue weighted by Gasteiger charge is -2.07. The standard InChI is InChI=1S/C20H25N3O.HI/c1-24-19-9-6-15(7-10-19)11-12-22-20(21)23-14-16-5-8-17-3-2-4-18(17)13-16;/h5-10,13H,2-4,11-12,14H2,1H3,(H3,21,22,23);1H. The van der Waals surface area contributed by atoms with Gasteiger partial charge in [0, 0.05) is 6.54 Å². The van der Waals surface area contributed by atoms with Crippen molar-refractivity contribution in [2.45, 2.75) is 32.2 Å².